The Kier molecular flexibility index (Phi) is 3.25. The Balaban J connectivity index is 2.51. The molecule has 0 aliphatic carbocycles. The molecule has 0 aliphatic rings. The molecule has 1 atom stereocenters. The number of hydrogen-bond acceptors (Lipinski definition) is 3. The Hall–Kier alpha value is -1.09. The number of carbonyl (C=O) groups excluding carboxylic acids is 1. The minimum atomic E-state index is -0.884. The van der Waals surface area contributed by atoms with Crippen molar-refractivity contribution in [3.05, 3.63) is 24.2 Å². The summed E-state index contributed by atoms with van der Waals surface area (Å²) in [6.07, 6.45) is 0.807. The molecule has 13 heavy (non-hydrogen) atoms. The van der Waals surface area contributed by atoms with Crippen LogP contribution in [0.5, 0.6) is 0 Å². The minimum Gasteiger partial charge on any atom is -0.469 e. The van der Waals surface area contributed by atoms with Gasteiger partial charge in [-0.05, 0) is 18.1 Å². The van der Waals surface area contributed by atoms with E-state index in [4.69, 9.17) is 4.42 Å². The zero-order chi connectivity index (χ0) is 9.84. The molecule has 0 aliphatic heterocycles. The maximum absolute atomic E-state index is 11.3. The summed E-state index contributed by atoms with van der Waals surface area (Å²) >= 11 is 0. The summed E-state index contributed by atoms with van der Waals surface area (Å²) < 4.78 is 5.00. The fourth-order valence-electron chi connectivity index (χ4n) is 1.06. The maximum Gasteiger partial charge on any atom is 0.169 e. The summed E-state index contributed by atoms with van der Waals surface area (Å²) in [6.45, 7) is 3.62. The number of hydrogen-bond donors (Lipinski definition) is 1. The van der Waals surface area contributed by atoms with E-state index in [1.54, 1.807) is 12.1 Å². The zero-order valence-corrected chi connectivity index (χ0v) is 7.86. The van der Waals surface area contributed by atoms with Crippen LogP contribution in [-0.2, 0) is 11.2 Å². The monoisotopic (exact) mass is 182 g/mol. The fourth-order valence-corrected chi connectivity index (χ4v) is 1.06. The molecule has 0 spiro atoms. The zero-order valence-electron chi connectivity index (χ0n) is 7.86. The highest BCUT2D eigenvalue weighted by Crippen LogP contribution is 2.08. The van der Waals surface area contributed by atoms with Crippen LogP contribution in [0.3, 0.4) is 0 Å². The van der Waals surface area contributed by atoms with Crippen molar-refractivity contribution in [2.24, 2.45) is 5.92 Å². The van der Waals surface area contributed by atoms with Crippen LogP contribution in [0, 0.1) is 5.92 Å². The molecule has 1 unspecified atom stereocenters. The molecule has 0 radical (unpaired) electrons. The second kappa shape index (κ2) is 4.23. The van der Waals surface area contributed by atoms with Crippen LogP contribution < -0.4 is 0 Å². The Morgan fingerprint density at radius 3 is 2.77 bits per heavy atom. The van der Waals surface area contributed by atoms with Gasteiger partial charge in [0.05, 0.1) is 12.7 Å². The molecule has 0 saturated carbocycles. The van der Waals surface area contributed by atoms with Crippen LogP contribution in [0.1, 0.15) is 19.6 Å². The van der Waals surface area contributed by atoms with Gasteiger partial charge in [0.25, 0.3) is 0 Å². The first-order chi connectivity index (χ1) is 6.11. The van der Waals surface area contributed by atoms with Gasteiger partial charge in [-0.25, -0.2) is 0 Å². The molecular formula is C10H14O3. The fraction of sp³-hybridized carbons (Fsp3) is 0.500. The van der Waals surface area contributed by atoms with Gasteiger partial charge in [0.15, 0.2) is 5.78 Å². The van der Waals surface area contributed by atoms with Gasteiger partial charge in [-0.1, -0.05) is 13.8 Å². The van der Waals surface area contributed by atoms with Gasteiger partial charge in [-0.2, -0.15) is 0 Å². The van der Waals surface area contributed by atoms with Gasteiger partial charge in [0, 0.05) is 0 Å². The number of ketones is 1. The molecule has 1 aromatic rings. The molecule has 0 aromatic carbocycles. The summed E-state index contributed by atoms with van der Waals surface area (Å²) in [6, 6.07) is 3.45. The number of rotatable bonds is 4. The summed E-state index contributed by atoms with van der Waals surface area (Å²) in [7, 11) is 0. The Morgan fingerprint density at radius 1 is 1.62 bits per heavy atom. The van der Waals surface area contributed by atoms with E-state index in [2.05, 4.69) is 0 Å². The molecule has 1 aromatic heterocycles. The average Bonchev–Trinajstić information content (AvgIpc) is 2.55. The molecule has 0 amide bonds. The molecule has 1 heterocycles. The maximum atomic E-state index is 11.3. The second-order valence-electron chi connectivity index (χ2n) is 3.41. The minimum absolute atomic E-state index is 0.0394. The summed E-state index contributed by atoms with van der Waals surface area (Å²) in [5, 5.41) is 9.40. The first-order valence-electron chi connectivity index (χ1n) is 4.34. The number of aliphatic hydroxyl groups is 1. The van der Waals surface area contributed by atoms with E-state index in [1.165, 1.54) is 6.26 Å². The molecule has 3 heteroatoms. The van der Waals surface area contributed by atoms with Crippen LogP contribution >= 0.6 is 0 Å². The quantitative estimate of drug-likeness (QED) is 0.765. The lowest BCUT2D eigenvalue weighted by Crippen LogP contribution is -2.27. The third kappa shape index (κ3) is 2.70. The van der Waals surface area contributed by atoms with Gasteiger partial charge in [0.2, 0.25) is 0 Å². The van der Waals surface area contributed by atoms with Crippen LogP contribution in [0.15, 0.2) is 22.8 Å². The van der Waals surface area contributed by atoms with Crippen molar-refractivity contribution in [1.82, 2.24) is 0 Å². The molecule has 3 nitrogen and oxygen atoms in total. The number of furan rings is 1. The van der Waals surface area contributed by atoms with Crippen molar-refractivity contribution in [3.63, 3.8) is 0 Å². The van der Waals surface area contributed by atoms with E-state index < -0.39 is 6.10 Å². The number of carbonyl (C=O) groups is 1. The van der Waals surface area contributed by atoms with Gasteiger partial charge >= 0.3 is 0 Å². The van der Waals surface area contributed by atoms with Crippen LogP contribution in [0.4, 0.5) is 0 Å². The van der Waals surface area contributed by atoms with Crippen LogP contribution in [0.25, 0.3) is 0 Å². The van der Waals surface area contributed by atoms with E-state index in [0.29, 0.717) is 5.76 Å². The largest absolute Gasteiger partial charge is 0.469 e. The van der Waals surface area contributed by atoms with Crippen molar-refractivity contribution in [3.8, 4) is 0 Å². The second-order valence-corrected chi connectivity index (χ2v) is 3.41. The molecule has 0 bridgehead atoms. The highest BCUT2D eigenvalue weighted by molar-refractivity contribution is 5.84. The SMILES string of the molecule is CC(C)C(O)C(=O)Cc1ccco1. The highest BCUT2D eigenvalue weighted by atomic mass is 16.3. The van der Waals surface area contributed by atoms with E-state index in [0.717, 1.165) is 0 Å². The van der Waals surface area contributed by atoms with E-state index in [9.17, 15) is 9.90 Å². The van der Waals surface area contributed by atoms with E-state index in [1.807, 2.05) is 13.8 Å². The predicted molar refractivity (Wildman–Crippen MR) is 48.3 cm³/mol. The van der Waals surface area contributed by atoms with Crippen molar-refractivity contribution >= 4 is 5.78 Å². The molecule has 1 N–H and O–H groups in total. The van der Waals surface area contributed by atoms with Crippen molar-refractivity contribution in [2.45, 2.75) is 26.4 Å². The molecule has 1 rings (SSSR count). The van der Waals surface area contributed by atoms with Crippen LogP contribution in [0.2, 0.25) is 0 Å². The van der Waals surface area contributed by atoms with Gasteiger partial charge < -0.3 is 9.52 Å². The van der Waals surface area contributed by atoms with E-state index >= 15 is 0 Å². The van der Waals surface area contributed by atoms with Gasteiger partial charge in [-0.15, -0.1) is 0 Å². The standard InChI is InChI=1S/C10H14O3/c1-7(2)10(12)9(11)6-8-4-3-5-13-8/h3-5,7,10,12H,6H2,1-2H3. The lowest BCUT2D eigenvalue weighted by molar-refractivity contribution is -0.128. The molecule has 72 valence electrons. The molecular weight excluding hydrogens is 168 g/mol. The average molecular weight is 182 g/mol. The lowest BCUT2D eigenvalue weighted by Gasteiger charge is -2.11. The number of Topliss-reactive ketones (excluding diaryl/α,β-unsaturated/α-hetero) is 1. The van der Waals surface area contributed by atoms with Gasteiger partial charge in [-0.3, -0.25) is 4.79 Å². The third-order valence-corrected chi connectivity index (χ3v) is 1.89. The number of aliphatic hydroxyl groups excluding tert-OH is 1. The molecule has 0 fully saturated rings. The van der Waals surface area contributed by atoms with Crippen molar-refractivity contribution in [1.29, 1.82) is 0 Å². The van der Waals surface area contributed by atoms with E-state index in [-0.39, 0.29) is 18.1 Å². The first kappa shape index (κ1) is 9.99. The Morgan fingerprint density at radius 2 is 2.31 bits per heavy atom. The predicted octanol–water partition coefficient (Wildman–Crippen LogP) is 1.41. The van der Waals surface area contributed by atoms with Crippen molar-refractivity contribution in [2.75, 3.05) is 0 Å². The normalized spacial score (nSPS) is 13.2. The van der Waals surface area contributed by atoms with Crippen LogP contribution in [-0.4, -0.2) is 17.0 Å². The van der Waals surface area contributed by atoms with Crippen molar-refractivity contribution < 1.29 is 14.3 Å². The lowest BCUT2D eigenvalue weighted by atomic mass is 10.0. The molecule has 0 saturated heterocycles. The summed E-state index contributed by atoms with van der Waals surface area (Å²) in [5.74, 6) is 0.372. The Bertz CT molecular complexity index is 262. The third-order valence-electron chi connectivity index (χ3n) is 1.89. The Labute approximate surface area is 77.4 Å². The topological polar surface area (TPSA) is 50.4 Å². The summed E-state index contributed by atoms with van der Waals surface area (Å²) in [4.78, 5) is 11.3. The summed E-state index contributed by atoms with van der Waals surface area (Å²) in [5.41, 5.74) is 0. The highest BCUT2D eigenvalue weighted by Gasteiger charge is 2.19. The van der Waals surface area contributed by atoms with Gasteiger partial charge in [0.1, 0.15) is 11.9 Å². The smallest absolute Gasteiger partial charge is 0.169 e. The first-order valence-corrected chi connectivity index (χ1v) is 4.34.